The van der Waals surface area contributed by atoms with E-state index in [1.54, 1.807) is 36.4 Å². The predicted molar refractivity (Wildman–Crippen MR) is 85.2 cm³/mol. The fourth-order valence-corrected chi connectivity index (χ4v) is 2.57. The van der Waals surface area contributed by atoms with E-state index < -0.39 is 0 Å². The largest absolute Gasteiger partial charge is 0.494 e. The topological polar surface area (TPSA) is 26.3 Å². The smallest absolute Gasteiger partial charge is 0.194 e. The van der Waals surface area contributed by atoms with E-state index in [-0.39, 0.29) is 5.78 Å². The van der Waals surface area contributed by atoms with E-state index in [9.17, 15) is 4.79 Å². The first-order chi connectivity index (χ1) is 9.52. The first kappa shape index (κ1) is 15.4. The molecule has 0 aromatic heterocycles. The fourth-order valence-electron chi connectivity index (χ4n) is 1.73. The number of hydrogen-bond acceptors (Lipinski definition) is 2. The van der Waals surface area contributed by atoms with Gasteiger partial charge in [-0.15, -0.1) is 0 Å². The van der Waals surface area contributed by atoms with E-state index in [1.165, 1.54) is 0 Å². The van der Waals surface area contributed by atoms with Crippen molar-refractivity contribution in [2.75, 3.05) is 6.61 Å². The van der Waals surface area contributed by atoms with Crippen LogP contribution in [0.3, 0.4) is 0 Å². The van der Waals surface area contributed by atoms with Gasteiger partial charge in [-0.05, 0) is 59.3 Å². The van der Waals surface area contributed by atoms with Crippen molar-refractivity contribution in [1.29, 1.82) is 0 Å². The Labute approximate surface area is 135 Å². The first-order valence-electron chi connectivity index (χ1n) is 5.95. The molecule has 0 spiro atoms. The molecule has 0 aliphatic carbocycles. The minimum atomic E-state index is -0.126. The lowest BCUT2D eigenvalue weighted by molar-refractivity contribution is 0.103. The third-order valence-corrected chi connectivity index (χ3v) is 4.07. The van der Waals surface area contributed by atoms with E-state index in [0.717, 1.165) is 0 Å². The predicted octanol–water partition coefficient (Wildman–Crippen LogP) is 5.39. The van der Waals surface area contributed by atoms with E-state index >= 15 is 0 Å². The summed E-state index contributed by atoms with van der Waals surface area (Å²) in [4.78, 5) is 12.4. The zero-order valence-corrected chi connectivity index (χ0v) is 13.7. The quantitative estimate of drug-likeness (QED) is 0.672. The van der Waals surface area contributed by atoms with Crippen LogP contribution in [0.2, 0.25) is 10.0 Å². The lowest BCUT2D eigenvalue weighted by Gasteiger charge is -2.08. The second-order valence-corrected chi connectivity index (χ2v) is 5.70. The highest BCUT2D eigenvalue weighted by Gasteiger charge is 2.14. The van der Waals surface area contributed by atoms with Gasteiger partial charge in [0.05, 0.1) is 16.7 Å². The van der Waals surface area contributed by atoms with Crippen LogP contribution in [-0.4, -0.2) is 12.4 Å². The van der Waals surface area contributed by atoms with Gasteiger partial charge in [0.1, 0.15) is 5.75 Å². The Hall–Kier alpha value is -1.03. The number of carbonyl (C=O) groups is 1. The van der Waals surface area contributed by atoms with Gasteiger partial charge in [0.2, 0.25) is 0 Å². The van der Waals surface area contributed by atoms with Crippen LogP contribution in [0.4, 0.5) is 0 Å². The Morgan fingerprint density at radius 2 is 1.90 bits per heavy atom. The number of ether oxygens (including phenoxy) is 1. The molecule has 0 radical (unpaired) electrons. The molecule has 0 N–H and O–H groups in total. The molecule has 0 saturated carbocycles. The second kappa shape index (κ2) is 6.61. The number of carbonyl (C=O) groups excluding carboxylic acids is 1. The highest BCUT2D eigenvalue weighted by molar-refractivity contribution is 9.10. The van der Waals surface area contributed by atoms with Crippen molar-refractivity contribution < 1.29 is 9.53 Å². The lowest BCUT2D eigenvalue weighted by atomic mass is 10.0. The summed E-state index contributed by atoms with van der Waals surface area (Å²) in [5, 5.41) is 0.786. The third-order valence-electron chi connectivity index (χ3n) is 2.68. The second-order valence-electron chi connectivity index (χ2n) is 4.03. The normalized spacial score (nSPS) is 10.4. The molecular formula is C15H11BrCl2O2. The van der Waals surface area contributed by atoms with Crippen molar-refractivity contribution in [3.8, 4) is 5.75 Å². The molecule has 20 heavy (non-hydrogen) atoms. The summed E-state index contributed by atoms with van der Waals surface area (Å²) in [6.07, 6.45) is 0. The van der Waals surface area contributed by atoms with Crippen LogP contribution in [0.5, 0.6) is 5.75 Å². The van der Waals surface area contributed by atoms with Crippen molar-refractivity contribution in [1.82, 2.24) is 0 Å². The molecule has 0 amide bonds. The van der Waals surface area contributed by atoms with Gasteiger partial charge in [-0.3, -0.25) is 4.79 Å². The van der Waals surface area contributed by atoms with Crippen molar-refractivity contribution >= 4 is 44.9 Å². The maximum absolute atomic E-state index is 12.4. The van der Waals surface area contributed by atoms with Crippen molar-refractivity contribution in [2.45, 2.75) is 6.92 Å². The maximum atomic E-state index is 12.4. The molecule has 5 heteroatoms. The molecule has 0 aliphatic rings. The van der Waals surface area contributed by atoms with Crippen LogP contribution >= 0.6 is 39.1 Å². The number of ketones is 1. The van der Waals surface area contributed by atoms with Crippen LogP contribution in [0.15, 0.2) is 40.9 Å². The summed E-state index contributed by atoms with van der Waals surface area (Å²) >= 11 is 15.2. The van der Waals surface area contributed by atoms with E-state index in [2.05, 4.69) is 15.9 Å². The molecule has 2 nitrogen and oxygen atoms in total. The van der Waals surface area contributed by atoms with Crippen LogP contribution in [0.1, 0.15) is 22.8 Å². The number of rotatable bonds is 4. The van der Waals surface area contributed by atoms with Gasteiger partial charge < -0.3 is 4.74 Å². The minimum Gasteiger partial charge on any atom is -0.494 e. The van der Waals surface area contributed by atoms with Crippen LogP contribution < -0.4 is 4.74 Å². The Kier molecular flexibility index (Phi) is 5.08. The lowest BCUT2D eigenvalue weighted by Crippen LogP contribution is -2.03. The molecule has 0 aliphatic heterocycles. The Morgan fingerprint density at radius 1 is 1.15 bits per heavy atom. The zero-order valence-electron chi connectivity index (χ0n) is 10.6. The molecule has 104 valence electrons. The van der Waals surface area contributed by atoms with E-state index in [0.29, 0.717) is 38.0 Å². The average molecular weight is 374 g/mol. The SMILES string of the molecule is CCOc1ccc(C(=O)c2ccc(Cl)c(Cl)c2)c(Br)c1. The number of halogens is 3. The summed E-state index contributed by atoms with van der Waals surface area (Å²) < 4.78 is 6.06. The van der Waals surface area contributed by atoms with Gasteiger partial charge in [0.25, 0.3) is 0 Å². The molecule has 0 bridgehead atoms. The Bertz CT molecular complexity index is 656. The molecule has 2 aromatic rings. The van der Waals surface area contributed by atoms with E-state index in [4.69, 9.17) is 27.9 Å². The average Bonchev–Trinajstić information content (AvgIpc) is 2.42. The third kappa shape index (κ3) is 3.35. The molecule has 0 saturated heterocycles. The van der Waals surface area contributed by atoms with Gasteiger partial charge >= 0.3 is 0 Å². The van der Waals surface area contributed by atoms with Crippen LogP contribution in [0.25, 0.3) is 0 Å². The molecule has 2 aromatic carbocycles. The first-order valence-corrected chi connectivity index (χ1v) is 7.50. The van der Waals surface area contributed by atoms with Crippen molar-refractivity contribution in [2.24, 2.45) is 0 Å². The molecule has 0 fully saturated rings. The number of hydrogen-bond donors (Lipinski definition) is 0. The summed E-state index contributed by atoms with van der Waals surface area (Å²) in [5.74, 6) is 0.587. The zero-order chi connectivity index (χ0) is 14.7. The minimum absolute atomic E-state index is 0.126. The Morgan fingerprint density at radius 3 is 2.50 bits per heavy atom. The molecular weight excluding hydrogens is 363 g/mol. The van der Waals surface area contributed by atoms with Gasteiger partial charge in [0.15, 0.2) is 5.78 Å². The fraction of sp³-hybridized carbons (Fsp3) is 0.133. The van der Waals surface area contributed by atoms with Gasteiger partial charge in [-0.1, -0.05) is 23.2 Å². The highest BCUT2D eigenvalue weighted by atomic mass is 79.9. The summed E-state index contributed by atoms with van der Waals surface area (Å²) in [6, 6.07) is 10.1. The summed E-state index contributed by atoms with van der Waals surface area (Å²) in [7, 11) is 0. The van der Waals surface area contributed by atoms with E-state index in [1.807, 2.05) is 6.92 Å². The van der Waals surface area contributed by atoms with Crippen LogP contribution in [0, 0.1) is 0 Å². The molecule has 0 heterocycles. The summed E-state index contributed by atoms with van der Waals surface area (Å²) in [5.41, 5.74) is 1.04. The maximum Gasteiger partial charge on any atom is 0.194 e. The molecule has 0 unspecified atom stereocenters. The Balaban J connectivity index is 2.35. The van der Waals surface area contributed by atoms with Crippen molar-refractivity contribution in [3.05, 3.63) is 62.0 Å². The monoisotopic (exact) mass is 372 g/mol. The summed E-state index contributed by atoms with van der Waals surface area (Å²) in [6.45, 7) is 2.48. The molecule has 0 atom stereocenters. The highest BCUT2D eigenvalue weighted by Crippen LogP contribution is 2.28. The van der Waals surface area contributed by atoms with Gasteiger partial charge in [0, 0.05) is 15.6 Å². The van der Waals surface area contributed by atoms with Gasteiger partial charge in [-0.25, -0.2) is 0 Å². The van der Waals surface area contributed by atoms with Crippen molar-refractivity contribution in [3.63, 3.8) is 0 Å². The number of benzene rings is 2. The van der Waals surface area contributed by atoms with Gasteiger partial charge in [-0.2, -0.15) is 0 Å². The molecule has 2 rings (SSSR count). The van der Waals surface area contributed by atoms with Crippen LogP contribution in [-0.2, 0) is 0 Å². The standard InChI is InChI=1S/C15H11BrCl2O2/c1-2-20-10-4-5-11(12(16)8-10)15(19)9-3-6-13(17)14(18)7-9/h3-8H,2H2,1H3.